The molecule has 0 spiro atoms. The first-order valence-electron chi connectivity index (χ1n) is 11.7. The van der Waals surface area contributed by atoms with Crippen molar-refractivity contribution in [1.82, 2.24) is 19.4 Å². The van der Waals surface area contributed by atoms with Crippen LogP contribution in [0.3, 0.4) is 0 Å². The molecule has 2 amide bonds. The van der Waals surface area contributed by atoms with E-state index in [1.165, 1.54) is 4.57 Å². The maximum atomic E-state index is 13.4. The fourth-order valence-electron chi connectivity index (χ4n) is 4.23. The number of nitrogens with zero attached hydrogens (tertiary/aromatic N) is 3. The van der Waals surface area contributed by atoms with Gasteiger partial charge in [-0.25, -0.2) is 9.78 Å². The minimum absolute atomic E-state index is 0.0261. The number of aryl methyl sites for hydroxylation is 1. The number of H-pyrrole nitrogens is 1. The zero-order chi connectivity index (χ0) is 24.4. The summed E-state index contributed by atoms with van der Waals surface area (Å²) < 4.78 is 1.40. The van der Waals surface area contributed by atoms with Crippen LogP contribution in [0, 0.1) is 0 Å². The maximum Gasteiger partial charge on any atom is 0.329 e. The van der Waals surface area contributed by atoms with E-state index in [9.17, 15) is 19.2 Å². The number of hydrogen-bond donors (Lipinski definition) is 2. The van der Waals surface area contributed by atoms with Gasteiger partial charge in [0.1, 0.15) is 0 Å². The SMILES string of the molecule is CCCn1c(=O)[nH]c(=O)c2c(C(=O)Nc3cccc(C(=O)N4CCCC4)c3)cc(C(C)C)nc21. The molecule has 0 saturated carbocycles. The Morgan fingerprint density at radius 2 is 1.88 bits per heavy atom. The number of benzene rings is 1. The van der Waals surface area contributed by atoms with Gasteiger partial charge in [0, 0.05) is 36.6 Å². The van der Waals surface area contributed by atoms with Crippen LogP contribution in [0.25, 0.3) is 11.0 Å². The molecule has 2 aromatic heterocycles. The first-order chi connectivity index (χ1) is 16.3. The average Bonchev–Trinajstić information content (AvgIpc) is 3.35. The second-order valence-electron chi connectivity index (χ2n) is 8.89. The summed E-state index contributed by atoms with van der Waals surface area (Å²) in [6.07, 6.45) is 2.65. The molecule has 0 bridgehead atoms. The first kappa shape index (κ1) is 23.4. The third-order valence-electron chi connectivity index (χ3n) is 6.01. The summed E-state index contributed by atoms with van der Waals surface area (Å²) in [5.41, 5.74) is 0.679. The zero-order valence-corrected chi connectivity index (χ0v) is 19.7. The molecule has 1 fully saturated rings. The summed E-state index contributed by atoms with van der Waals surface area (Å²) in [7, 11) is 0. The van der Waals surface area contributed by atoms with Gasteiger partial charge in [0.15, 0.2) is 5.65 Å². The molecule has 0 atom stereocenters. The smallest absolute Gasteiger partial charge is 0.329 e. The van der Waals surface area contributed by atoms with Gasteiger partial charge in [-0.3, -0.25) is 23.9 Å². The number of amides is 2. The van der Waals surface area contributed by atoms with Crippen LogP contribution in [0.4, 0.5) is 5.69 Å². The molecule has 34 heavy (non-hydrogen) atoms. The predicted octanol–water partition coefficient (Wildman–Crippen LogP) is 3.11. The van der Waals surface area contributed by atoms with Gasteiger partial charge in [-0.05, 0) is 49.4 Å². The average molecular weight is 464 g/mol. The zero-order valence-electron chi connectivity index (χ0n) is 19.7. The summed E-state index contributed by atoms with van der Waals surface area (Å²) in [6.45, 7) is 7.61. The van der Waals surface area contributed by atoms with E-state index < -0.39 is 17.2 Å². The fourth-order valence-corrected chi connectivity index (χ4v) is 4.23. The van der Waals surface area contributed by atoms with E-state index in [0.29, 0.717) is 29.9 Å². The number of likely N-dealkylation sites (tertiary alicyclic amines) is 1. The minimum Gasteiger partial charge on any atom is -0.339 e. The molecule has 1 saturated heterocycles. The monoisotopic (exact) mass is 463 g/mol. The molecule has 4 rings (SSSR count). The van der Waals surface area contributed by atoms with Gasteiger partial charge < -0.3 is 10.2 Å². The van der Waals surface area contributed by atoms with Crippen molar-refractivity contribution in [1.29, 1.82) is 0 Å². The highest BCUT2D eigenvalue weighted by molar-refractivity contribution is 6.12. The van der Waals surface area contributed by atoms with Gasteiger partial charge in [0.2, 0.25) is 0 Å². The van der Waals surface area contributed by atoms with Crippen molar-refractivity contribution in [3.63, 3.8) is 0 Å². The molecule has 3 heterocycles. The van der Waals surface area contributed by atoms with E-state index >= 15 is 0 Å². The Hall–Kier alpha value is -3.75. The van der Waals surface area contributed by atoms with Crippen LogP contribution in [0.1, 0.15) is 72.4 Å². The number of carbonyl (C=O) groups excluding carboxylic acids is 2. The largest absolute Gasteiger partial charge is 0.339 e. The van der Waals surface area contributed by atoms with Crippen molar-refractivity contribution >= 4 is 28.5 Å². The second-order valence-corrected chi connectivity index (χ2v) is 8.89. The minimum atomic E-state index is -0.654. The van der Waals surface area contributed by atoms with Crippen molar-refractivity contribution in [2.24, 2.45) is 0 Å². The Kier molecular flexibility index (Phi) is 6.63. The summed E-state index contributed by atoms with van der Waals surface area (Å²) in [5, 5.41) is 2.89. The highest BCUT2D eigenvalue weighted by atomic mass is 16.2. The molecule has 1 aromatic carbocycles. The summed E-state index contributed by atoms with van der Waals surface area (Å²) in [4.78, 5) is 60.0. The molecule has 9 heteroatoms. The molecular formula is C25H29N5O4. The summed E-state index contributed by atoms with van der Waals surface area (Å²) >= 11 is 0. The Morgan fingerprint density at radius 1 is 1.15 bits per heavy atom. The van der Waals surface area contributed by atoms with Gasteiger partial charge in [-0.1, -0.05) is 26.8 Å². The van der Waals surface area contributed by atoms with Gasteiger partial charge in [-0.15, -0.1) is 0 Å². The lowest BCUT2D eigenvalue weighted by Gasteiger charge is -2.16. The van der Waals surface area contributed by atoms with Gasteiger partial charge in [0.25, 0.3) is 17.4 Å². The highest BCUT2D eigenvalue weighted by Crippen LogP contribution is 2.22. The van der Waals surface area contributed by atoms with Gasteiger partial charge in [0.05, 0.1) is 10.9 Å². The molecule has 0 radical (unpaired) electrons. The summed E-state index contributed by atoms with van der Waals surface area (Å²) in [5.74, 6) is -0.598. The Morgan fingerprint density at radius 3 is 2.56 bits per heavy atom. The molecule has 0 aliphatic carbocycles. The number of nitrogens with one attached hydrogen (secondary N) is 2. The van der Waals surface area contributed by atoms with E-state index in [4.69, 9.17) is 0 Å². The van der Waals surface area contributed by atoms with Crippen molar-refractivity contribution in [3.8, 4) is 0 Å². The lowest BCUT2D eigenvalue weighted by atomic mass is 10.0. The van der Waals surface area contributed by atoms with Gasteiger partial charge in [-0.2, -0.15) is 0 Å². The number of anilines is 1. The normalized spacial score (nSPS) is 13.6. The first-order valence-corrected chi connectivity index (χ1v) is 11.7. The molecule has 2 N–H and O–H groups in total. The highest BCUT2D eigenvalue weighted by Gasteiger charge is 2.22. The number of pyridine rings is 1. The van der Waals surface area contributed by atoms with E-state index in [1.807, 2.05) is 20.8 Å². The van der Waals surface area contributed by atoms with Crippen LogP contribution >= 0.6 is 0 Å². The third-order valence-corrected chi connectivity index (χ3v) is 6.01. The topological polar surface area (TPSA) is 117 Å². The number of aromatic amines is 1. The lowest BCUT2D eigenvalue weighted by molar-refractivity contribution is 0.0792. The summed E-state index contributed by atoms with van der Waals surface area (Å²) in [6, 6.07) is 8.38. The molecule has 178 valence electrons. The quantitative estimate of drug-likeness (QED) is 0.583. The second kappa shape index (κ2) is 9.62. The molecule has 3 aromatic rings. The van der Waals surface area contributed by atoms with Crippen molar-refractivity contribution in [2.45, 2.75) is 52.5 Å². The van der Waals surface area contributed by atoms with E-state index in [0.717, 1.165) is 25.9 Å². The Bertz CT molecular complexity index is 1370. The van der Waals surface area contributed by atoms with E-state index in [2.05, 4.69) is 15.3 Å². The van der Waals surface area contributed by atoms with Crippen molar-refractivity contribution < 1.29 is 9.59 Å². The van der Waals surface area contributed by atoms with Crippen LogP contribution in [0.5, 0.6) is 0 Å². The number of carbonyl (C=O) groups is 2. The number of aromatic nitrogens is 3. The molecule has 9 nitrogen and oxygen atoms in total. The number of hydrogen-bond acceptors (Lipinski definition) is 5. The fraction of sp³-hybridized carbons (Fsp3) is 0.400. The van der Waals surface area contributed by atoms with Crippen molar-refractivity contribution in [3.05, 3.63) is 68.0 Å². The number of rotatable bonds is 6. The van der Waals surface area contributed by atoms with Crippen LogP contribution in [-0.4, -0.2) is 44.3 Å². The van der Waals surface area contributed by atoms with Crippen LogP contribution < -0.4 is 16.6 Å². The Labute approximate surface area is 196 Å². The van der Waals surface area contributed by atoms with Crippen LogP contribution in [0.15, 0.2) is 39.9 Å². The number of fused-ring (bicyclic) bond motifs is 1. The standard InChI is InChI=1S/C25H29N5O4/c1-4-10-30-21-20(23(32)28-25(30)34)18(14-19(27-21)15(2)3)22(31)26-17-9-7-8-16(13-17)24(33)29-11-5-6-12-29/h7-9,13-15H,4-6,10-12H2,1-3H3,(H,26,31)(H,28,32,34). The lowest BCUT2D eigenvalue weighted by Crippen LogP contribution is -2.32. The van der Waals surface area contributed by atoms with E-state index in [1.54, 1.807) is 35.2 Å². The van der Waals surface area contributed by atoms with Crippen LogP contribution in [-0.2, 0) is 6.54 Å². The van der Waals surface area contributed by atoms with Crippen molar-refractivity contribution in [2.75, 3.05) is 18.4 Å². The van der Waals surface area contributed by atoms with Crippen LogP contribution in [0.2, 0.25) is 0 Å². The maximum absolute atomic E-state index is 13.4. The third kappa shape index (κ3) is 4.50. The molecular weight excluding hydrogens is 434 g/mol. The molecule has 0 unspecified atom stereocenters. The molecule has 1 aliphatic heterocycles. The van der Waals surface area contributed by atoms with E-state index in [-0.39, 0.29) is 28.4 Å². The predicted molar refractivity (Wildman–Crippen MR) is 131 cm³/mol. The Balaban J connectivity index is 1.76. The molecule has 1 aliphatic rings. The van der Waals surface area contributed by atoms with Gasteiger partial charge >= 0.3 is 5.69 Å².